The Morgan fingerprint density at radius 2 is 2.13 bits per heavy atom. The summed E-state index contributed by atoms with van der Waals surface area (Å²) < 4.78 is 14.3. The van der Waals surface area contributed by atoms with Crippen molar-refractivity contribution in [3.63, 3.8) is 0 Å². The van der Waals surface area contributed by atoms with Crippen LogP contribution in [-0.2, 0) is 0 Å². The predicted molar refractivity (Wildman–Crippen MR) is 55.5 cm³/mol. The van der Waals surface area contributed by atoms with Crippen LogP contribution < -0.4 is 5.56 Å². The van der Waals surface area contributed by atoms with Crippen molar-refractivity contribution in [3.05, 3.63) is 46.3 Å². The van der Waals surface area contributed by atoms with Gasteiger partial charge in [0.2, 0.25) is 5.95 Å². The molecule has 0 aliphatic carbocycles. The van der Waals surface area contributed by atoms with Crippen molar-refractivity contribution in [2.45, 2.75) is 19.8 Å². The molecule has 3 nitrogen and oxygen atoms in total. The number of nitrogens with zero attached hydrogens (tertiary/aromatic N) is 2. The van der Waals surface area contributed by atoms with Gasteiger partial charge >= 0.3 is 0 Å². The molecule has 0 aliphatic heterocycles. The van der Waals surface area contributed by atoms with Gasteiger partial charge in [0.15, 0.2) is 0 Å². The average Bonchev–Trinajstić information content (AvgIpc) is 2.17. The molecule has 78 valence electrons. The molecule has 2 aromatic heterocycles. The van der Waals surface area contributed by atoms with Crippen LogP contribution in [0.15, 0.2) is 29.1 Å². The summed E-state index contributed by atoms with van der Waals surface area (Å²) in [5.41, 5.74) is 0.665. The highest BCUT2D eigenvalue weighted by Gasteiger charge is 2.07. The van der Waals surface area contributed by atoms with E-state index in [0.29, 0.717) is 11.3 Å². The Balaban J connectivity index is 2.85. The third kappa shape index (κ3) is 1.63. The molecule has 2 aromatic rings. The summed E-state index contributed by atoms with van der Waals surface area (Å²) in [5.74, 6) is -0.425. The first-order valence-corrected chi connectivity index (χ1v) is 4.78. The largest absolute Gasteiger partial charge is 0.269 e. The summed E-state index contributed by atoms with van der Waals surface area (Å²) in [5, 5.41) is 0. The normalized spacial score (nSPS) is 11.2. The van der Waals surface area contributed by atoms with Crippen molar-refractivity contribution < 1.29 is 4.39 Å². The average molecular weight is 206 g/mol. The molecule has 0 spiro atoms. The van der Waals surface area contributed by atoms with Gasteiger partial charge in [0.1, 0.15) is 5.65 Å². The van der Waals surface area contributed by atoms with Gasteiger partial charge < -0.3 is 0 Å². The van der Waals surface area contributed by atoms with E-state index < -0.39 is 5.95 Å². The van der Waals surface area contributed by atoms with Crippen molar-refractivity contribution in [1.82, 2.24) is 9.38 Å². The lowest BCUT2D eigenvalue weighted by Crippen LogP contribution is -2.18. The molecule has 2 heterocycles. The van der Waals surface area contributed by atoms with Crippen LogP contribution in [0.1, 0.15) is 25.5 Å². The van der Waals surface area contributed by atoms with E-state index >= 15 is 0 Å². The molecule has 0 fully saturated rings. The molecule has 0 aromatic carbocycles. The van der Waals surface area contributed by atoms with Gasteiger partial charge in [0.05, 0.1) is 5.69 Å². The van der Waals surface area contributed by atoms with Crippen LogP contribution in [0.5, 0.6) is 0 Å². The van der Waals surface area contributed by atoms with E-state index in [-0.39, 0.29) is 11.5 Å². The highest BCUT2D eigenvalue weighted by atomic mass is 19.1. The van der Waals surface area contributed by atoms with Gasteiger partial charge in [-0.3, -0.25) is 4.79 Å². The van der Waals surface area contributed by atoms with Crippen LogP contribution in [0.2, 0.25) is 0 Å². The lowest BCUT2D eigenvalue weighted by atomic mass is 10.1. The van der Waals surface area contributed by atoms with E-state index in [9.17, 15) is 9.18 Å². The van der Waals surface area contributed by atoms with Crippen molar-refractivity contribution in [2.75, 3.05) is 0 Å². The number of fused-ring (bicyclic) bond motifs is 1. The standard InChI is InChI=1S/C11H11FN2O/c1-7(2)8-6-11(15)14-9(12)4-3-5-10(14)13-8/h3-7H,1-2H3. The number of halogens is 1. The molecule has 0 saturated heterocycles. The molecule has 4 heteroatoms. The minimum absolute atomic E-state index is 0.158. The molecular weight excluding hydrogens is 195 g/mol. The predicted octanol–water partition coefficient (Wildman–Crippen LogP) is 1.96. The number of hydrogen-bond donors (Lipinski definition) is 0. The number of pyridine rings is 1. The fourth-order valence-corrected chi connectivity index (χ4v) is 1.43. The van der Waals surface area contributed by atoms with Gasteiger partial charge in [0, 0.05) is 6.07 Å². The molecule has 0 aliphatic rings. The Hall–Kier alpha value is -1.71. The molecule has 0 unspecified atom stereocenters. The Labute approximate surface area is 86.2 Å². The molecular formula is C11H11FN2O. The monoisotopic (exact) mass is 206 g/mol. The van der Waals surface area contributed by atoms with Crippen molar-refractivity contribution in [3.8, 4) is 0 Å². The van der Waals surface area contributed by atoms with Crippen LogP contribution >= 0.6 is 0 Å². The van der Waals surface area contributed by atoms with E-state index in [1.807, 2.05) is 13.8 Å². The third-order valence-corrected chi connectivity index (χ3v) is 2.25. The fourth-order valence-electron chi connectivity index (χ4n) is 1.43. The van der Waals surface area contributed by atoms with E-state index in [2.05, 4.69) is 4.98 Å². The topological polar surface area (TPSA) is 34.4 Å². The van der Waals surface area contributed by atoms with Crippen LogP contribution in [-0.4, -0.2) is 9.38 Å². The van der Waals surface area contributed by atoms with Crippen molar-refractivity contribution >= 4 is 5.65 Å². The summed E-state index contributed by atoms with van der Waals surface area (Å²) in [7, 11) is 0. The minimum Gasteiger partial charge on any atom is -0.269 e. The Bertz CT molecular complexity index is 560. The number of hydrogen-bond acceptors (Lipinski definition) is 2. The highest BCUT2D eigenvalue weighted by Crippen LogP contribution is 2.10. The maximum atomic E-state index is 13.3. The summed E-state index contributed by atoms with van der Waals surface area (Å²) in [6, 6.07) is 5.78. The van der Waals surface area contributed by atoms with Crippen LogP contribution in [0.3, 0.4) is 0 Å². The second-order valence-electron chi connectivity index (χ2n) is 3.72. The summed E-state index contributed by atoms with van der Waals surface area (Å²) >= 11 is 0. The molecule has 0 N–H and O–H groups in total. The highest BCUT2D eigenvalue weighted by molar-refractivity contribution is 5.38. The van der Waals surface area contributed by atoms with Gasteiger partial charge in [-0.05, 0) is 18.1 Å². The summed E-state index contributed by atoms with van der Waals surface area (Å²) in [6.07, 6.45) is 0. The zero-order chi connectivity index (χ0) is 11.0. The SMILES string of the molecule is CC(C)c1cc(=O)n2c(F)cccc2n1. The van der Waals surface area contributed by atoms with E-state index in [0.717, 1.165) is 4.40 Å². The zero-order valence-corrected chi connectivity index (χ0v) is 8.57. The Morgan fingerprint density at radius 1 is 1.40 bits per heavy atom. The first-order chi connectivity index (χ1) is 7.09. The molecule has 0 atom stereocenters. The third-order valence-electron chi connectivity index (χ3n) is 2.25. The van der Waals surface area contributed by atoms with Gasteiger partial charge in [-0.25, -0.2) is 9.38 Å². The Morgan fingerprint density at radius 3 is 2.80 bits per heavy atom. The maximum absolute atomic E-state index is 13.3. The Kier molecular flexibility index (Phi) is 2.26. The van der Waals surface area contributed by atoms with E-state index in [1.54, 1.807) is 12.1 Å². The van der Waals surface area contributed by atoms with Crippen LogP contribution in [0.25, 0.3) is 5.65 Å². The van der Waals surface area contributed by atoms with E-state index in [4.69, 9.17) is 0 Å². The lowest BCUT2D eigenvalue weighted by molar-refractivity contribution is 0.558. The minimum atomic E-state index is -0.583. The molecule has 15 heavy (non-hydrogen) atoms. The van der Waals surface area contributed by atoms with Crippen LogP contribution in [0, 0.1) is 5.95 Å². The van der Waals surface area contributed by atoms with Crippen molar-refractivity contribution in [2.24, 2.45) is 0 Å². The zero-order valence-electron chi connectivity index (χ0n) is 8.57. The first-order valence-electron chi connectivity index (χ1n) is 4.78. The first kappa shape index (κ1) is 9.83. The quantitative estimate of drug-likeness (QED) is 0.668. The molecule has 0 bridgehead atoms. The fraction of sp³-hybridized carbons (Fsp3) is 0.273. The molecule has 0 amide bonds. The van der Waals surface area contributed by atoms with Gasteiger partial charge in [-0.15, -0.1) is 0 Å². The molecule has 2 rings (SSSR count). The summed E-state index contributed by atoms with van der Waals surface area (Å²) in [6.45, 7) is 3.88. The smallest absolute Gasteiger partial charge is 0.260 e. The maximum Gasteiger partial charge on any atom is 0.260 e. The lowest BCUT2D eigenvalue weighted by Gasteiger charge is -2.06. The second kappa shape index (κ2) is 3.46. The van der Waals surface area contributed by atoms with Gasteiger partial charge in [-0.2, -0.15) is 4.39 Å². The molecule has 0 radical (unpaired) electrons. The van der Waals surface area contributed by atoms with Crippen LogP contribution in [0.4, 0.5) is 4.39 Å². The van der Waals surface area contributed by atoms with Gasteiger partial charge in [-0.1, -0.05) is 19.9 Å². The molecule has 0 saturated carbocycles. The van der Waals surface area contributed by atoms with E-state index in [1.165, 1.54) is 12.1 Å². The van der Waals surface area contributed by atoms with Crippen molar-refractivity contribution in [1.29, 1.82) is 0 Å². The number of rotatable bonds is 1. The summed E-state index contributed by atoms with van der Waals surface area (Å²) in [4.78, 5) is 15.8. The second-order valence-corrected chi connectivity index (χ2v) is 3.72. The van der Waals surface area contributed by atoms with Gasteiger partial charge in [0.25, 0.3) is 5.56 Å². The number of aromatic nitrogens is 2.